The fourth-order valence-corrected chi connectivity index (χ4v) is 2.65. The Morgan fingerprint density at radius 3 is 1.79 bits per heavy atom. The van der Waals surface area contributed by atoms with Crippen molar-refractivity contribution in [2.45, 2.75) is 12.5 Å². The van der Waals surface area contributed by atoms with Crippen LogP contribution in [0.25, 0.3) is 0 Å². The van der Waals surface area contributed by atoms with Crippen LogP contribution in [0.4, 0.5) is 4.39 Å². The van der Waals surface area contributed by atoms with Crippen LogP contribution in [0.15, 0.2) is 84.9 Å². The molecular weight excluding hydrogens is 301 g/mol. The van der Waals surface area contributed by atoms with E-state index in [1.54, 1.807) is 12.1 Å². The first-order valence-corrected chi connectivity index (χ1v) is 7.86. The third-order valence-electron chi connectivity index (χ3n) is 3.85. The summed E-state index contributed by atoms with van der Waals surface area (Å²) in [7, 11) is 0. The largest absolute Gasteiger partial charge is 0.345 e. The minimum absolute atomic E-state index is 0.0979. The quantitative estimate of drug-likeness (QED) is 0.747. The molecule has 0 unspecified atom stereocenters. The second-order valence-corrected chi connectivity index (χ2v) is 5.63. The van der Waals surface area contributed by atoms with Crippen molar-refractivity contribution in [1.82, 2.24) is 5.32 Å². The maximum Gasteiger partial charge on any atom is 0.225 e. The minimum atomic E-state index is -0.300. The zero-order chi connectivity index (χ0) is 16.8. The molecule has 0 aromatic heterocycles. The molecule has 0 aliphatic carbocycles. The SMILES string of the molecule is O=C(Cc1ccc(F)cc1)NC(c1ccccc1)c1ccccc1. The third-order valence-corrected chi connectivity index (χ3v) is 3.85. The minimum Gasteiger partial charge on any atom is -0.345 e. The second kappa shape index (κ2) is 7.55. The third kappa shape index (κ3) is 4.07. The van der Waals surface area contributed by atoms with Gasteiger partial charge in [0.2, 0.25) is 5.91 Å². The molecule has 24 heavy (non-hydrogen) atoms. The molecule has 120 valence electrons. The van der Waals surface area contributed by atoms with Crippen molar-refractivity contribution in [3.63, 3.8) is 0 Å². The van der Waals surface area contributed by atoms with Gasteiger partial charge in [-0.25, -0.2) is 4.39 Å². The van der Waals surface area contributed by atoms with Crippen molar-refractivity contribution in [2.24, 2.45) is 0 Å². The van der Waals surface area contributed by atoms with Crippen LogP contribution in [0.3, 0.4) is 0 Å². The van der Waals surface area contributed by atoms with Gasteiger partial charge in [0.15, 0.2) is 0 Å². The normalized spacial score (nSPS) is 10.6. The van der Waals surface area contributed by atoms with Gasteiger partial charge in [-0.3, -0.25) is 4.79 Å². The highest BCUT2D eigenvalue weighted by molar-refractivity contribution is 5.79. The molecule has 1 N–H and O–H groups in total. The number of halogens is 1. The molecule has 3 rings (SSSR count). The first-order chi connectivity index (χ1) is 11.7. The van der Waals surface area contributed by atoms with Gasteiger partial charge in [-0.1, -0.05) is 72.8 Å². The molecule has 0 bridgehead atoms. The van der Waals surface area contributed by atoms with Crippen molar-refractivity contribution in [1.29, 1.82) is 0 Å². The Morgan fingerprint density at radius 1 is 0.792 bits per heavy atom. The number of hydrogen-bond acceptors (Lipinski definition) is 1. The van der Waals surface area contributed by atoms with E-state index in [-0.39, 0.29) is 24.2 Å². The summed E-state index contributed by atoms with van der Waals surface area (Å²) in [5.41, 5.74) is 2.83. The summed E-state index contributed by atoms with van der Waals surface area (Å²) >= 11 is 0. The van der Waals surface area contributed by atoms with Crippen molar-refractivity contribution in [2.75, 3.05) is 0 Å². The number of benzene rings is 3. The van der Waals surface area contributed by atoms with Gasteiger partial charge in [-0.15, -0.1) is 0 Å². The number of hydrogen-bond donors (Lipinski definition) is 1. The molecule has 0 radical (unpaired) electrons. The molecular formula is C21H18FNO. The average molecular weight is 319 g/mol. The van der Waals surface area contributed by atoms with Crippen molar-refractivity contribution >= 4 is 5.91 Å². The van der Waals surface area contributed by atoms with E-state index in [1.807, 2.05) is 60.7 Å². The average Bonchev–Trinajstić information content (AvgIpc) is 2.63. The van der Waals surface area contributed by atoms with E-state index in [2.05, 4.69) is 5.32 Å². The standard InChI is InChI=1S/C21H18FNO/c22-19-13-11-16(12-14-19)15-20(24)23-21(17-7-3-1-4-8-17)18-9-5-2-6-10-18/h1-14,21H,15H2,(H,23,24). The summed E-state index contributed by atoms with van der Waals surface area (Å²) in [5.74, 6) is -0.398. The summed E-state index contributed by atoms with van der Waals surface area (Å²) in [5, 5.41) is 3.08. The van der Waals surface area contributed by atoms with Crippen molar-refractivity contribution < 1.29 is 9.18 Å². The molecule has 1 amide bonds. The monoisotopic (exact) mass is 319 g/mol. The lowest BCUT2D eigenvalue weighted by molar-refractivity contribution is -0.120. The highest BCUT2D eigenvalue weighted by Crippen LogP contribution is 2.21. The number of carbonyl (C=O) groups is 1. The predicted octanol–water partition coefficient (Wildman–Crippen LogP) is 4.27. The maximum atomic E-state index is 13.0. The van der Waals surface area contributed by atoms with Crippen LogP contribution in [-0.4, -0.2) is 5.91 Å². The number of rotatable bonds is 5. The van der Waals surface area contributed by atoms with E-state index in [9.17, 15) is 9.18 Å². The molecule has 0 aliphatic heterocycles. The van der Waals surface area contributed by atoms with Crippen LogP contribution in [0.5, 0.6) is 0 Å². The molecule has 0 heterocycles. The van der Waals surface area contributed by atoms with Crippen LogP contribution in [0, 0.1) is 5.82 Å². The Labute approximate surface area is 141 Å². The number of nitrogens with one attached hydrogen (secondary N) is 1. The summed E-state index contributed by atoms with van der Waals surface area (Å²) in [4.78, 5) is 12.4. The lowest BCUT2D eigenvalue weighted by atomic mass is 9.98. The Morgan fingerprint density at radius 2 is 1.29 bits per heavy atom. The van der Waals surface area contributed by atoms with Gasteiger partial charge in [0.05, 0.1) is 12.5 Å². The number of carbonyl (C=O) groups excluding carboxylic acids is 1. The van der Waals surface area contributed by atoms with Crippen molar-refractivity contribution in [3.8, 4) is 0 Å². The highest BCUT2D eigenvalue weighted by Gasteiger charge is 2.16. The van der Waals surface area contributed by atoms with E-state index >= 15 is 0 Å². The molecule has 0 atom stereocenters. The molecule has 3 aromatic rings. The Balaban J connectivity index is 1.79. The lowest BCUT2D eigenvalue weighted by Crippen LogP contribution is -2.30. The fourth-order valence-electron chi connectivity index (χ4n) is 2.65. The molecule has 0 aliphatic rings. The second-order valence-electron chi connectivity index (χ2n) is 5.63. The predicted molar refractivity (Wildman–Crippen MR) is 93.0 cm³/mol. The van der Waals surface area contributed by atoms with E-state index < -0.39 is 0 Å². The molecule has 0 saturated carbocycles. The van der Waals surface area contributed by atoms with E-state index in [0.29, 0.717) is 0 Å². The van der Waals surface area contributed by atoms with E-state index in [1.165, 1.54) is 12.1 Å². The summed E-state index contributed by atoms with van der Waals surface area (Å²) in [6.07, 6.45) is 0.219. The highest BCUT2D eigenvalue weighted by atomic mass is 19.1. The van der Waals surface area contributed by atoms with E-state index in [0.717, 1.165) is 16.7 Å². The zero-order valence-corrected chi connectivity index (χ0v) is 13.2. The van der Waals surface area contributed by atoms with E-state index in [4.69, 9.17) is 0 Å². The lowest BCUT2D eigenvalue weighted by Gasteiger charge is -2.20. The van der Waals surface area contributed by atoms with Crippen molar-refractivity contribution in [3.05, 3.63) is 107 Å². The molecule has 0 saturated heterocycles. The summed E-state index contributed by atoms with van der Waals surface area (Å²) in [6.45, 7) is 0. The van der Waals surface area contributed by atoms with Gasteiger partial charge >= 0.3 is 0 Å². The van der Waals surface area contributed by atoms with Gasteiger partial charge in [-0.05, 0) is 28.8 Å². The van der Waals surface area contributed by atoms with Gasteiger partial charge in [0, 0.05) is 0 Å². The smallest absolute Gasteiger partial charge is 0.225 e. The Hall–Kier alpha value is -2.94. The molecule has 0 fully saturated rings. The van der Waals surface area contributed by atoms with Gasteiger partial charge in [0.1, 0.15) is 5.82 Å². The van der Waals surface area contributed by atoms with Crippen LogP contribution < -0.4 is 5.32 Å². The first kappa shape index (κ1) is 15.9. The molecule has 0 spiro atoms. The van der Waals surface area contributed by atoms with Crippen LogP contribution in [0.2, 0.25) is 0 Å². The van der Waals surface area contributed by atoms with Crippen LogP contribution in [0.1, 0.15) is 22.7 Å². The van der Waals surface area contributed by atoms with Crippen LogP contribution >= 0.6 is 0 Å². The van der Waals surface area contributed by atoms with Gasteiger partial charge in [-0.2, -0.15) is 0 Å². The fraction of sp³-hybridized carbons (Fsp3) is 0.0952. The summed E-state index contributed by atoms with van der Waals surface area (Å²) < 4.78 is 13.0. The zero-order valence-electron chi connectivity index (χ0n) is 13.2. The molecule has 2 nitrogen and oxygen atoms in total. The Bertz CT molecular complexity index is 746. The number of amides is 1. The molecule has 3 heteroatoms. The topological polar surface area (TPSA) is 29.1 Å². The molecule has 3 aromatic carbocycles. The maximum absolute atomic E-state index is 13.0. The first-order valence-electron chi connectivity index (χ1n) is 7.86. The van der Waals surface area contributed by atoms with Gasteiger partial charge < -0.3 is 5.32 Å². The van der Waals surface area contributed by atoms with Gasteiger partial charge in [0.25, 0.3) is 0 Å². The van der Waals surface area contributed by atoms with Crippen LogP contribution in [-0.2, 0) is 11.2 Å². The Kier molecular flexibility index (Phi) is 5.02. The summed E-state index contributed by atoms with van der Waals surface area (Å²) in [6, 6.07) is 25.5.